The molecule has 1 aromatic carbocycles. The first-order valence-corrected chi connectivity index (χ1v) is 8.96. The van der Waals surface area contributed by atoms with Crippen molar-refractivity contribution in [1.29, 1.82) is 0 Å². The summed E-state index contributed by atoms with van der Waals surface area (Å²) in [6.45, 7) is 4.24. The number of carboxylic acids is 1. The van der Waals surface area contributed by atoms with E-state index >= 15 is 0 Å². The van der Waals surface area contributed by atoms with Crippen LogP contribution in [0.3, 0.4) is 0 Å². The standard InChI is InChI=1S/C19H24F2N2O4/c1-11(2)9-16(19(26)27)22-17(24)12-5-7-23(8-6-12)18(25)14-4-3-13(20)10-15(14)21/h3-4,10-12,16H,5-9H2,1-2H3,(H,22,24)(H,26,27)/t16-/m1/s1. The molecule has 2 rings (SSSR count). The number of rotatable bonds is 6. The highest BCUT2D eigenvalue weighted by molar-refractivity contribution is 5.94. The van der Waals surface area contributed by atoms with Gasteiger partial charge in [-0.25, -0.2) is 13.6 Å². The summed E-state index contributed by atoms with van der Waals surface area (Å²) in [5.74, 6) is -3.92. The lowest BCUT2D eigenvalue weighted by Crippen LogP contribution is -2.48. The van der Waals surface area contributed by atoms with Crippen LogP contribution in [0.4, 0.5) is 8.78 Å². The SMILES string of the molecule is CC(C)C[C@@H](NC(=O)C1CCN(C(=O)c2ccc(F)cc2F)CC1)C(=O)O. The van der Waals surface area contributed by atoms with E-state index < -0.39 is 35.5 Å². The predicted octanol–water partition coefficient (Wildman–Crippen LogP) is 2.43. The Kier molecular flexibility index (Phi) is 6.87. The van der Waals surface area contributed by atoms with Gasteiger partial charge in [0.2, 0.25) is 5.91 Å². The third-order valence-electron chi connectivity index (χ3n) is 4.64. The summed E-state index contributed by atoms with van der Waals surface area (Å²) in [4.78, 5) is 37.4. The summed E-state index contributed by atoms with van der Waals surface area (Å²) in [5.41, 5.74) is -0.206. The number of benzene rings is 1. The molecule has 1 atom stereocenters. The highest BCUT2D eigenvalue weighted by Crippen LogP contribution is 2.21. The average molecular weight is 382 g/mol. The number of nitrogens with one attached hydrogen (secondary N) is 1. The van der Waals surface area contributed by atoms with Crippen molar-refractivity contribution in [1.82, 2.24) is 10.2 Å². The van der Waals surface area contributed by atoms with E-state index in [1.807, 2.05) is 13.8 Å². The maximum Gasteiger partial charge on any atom is 0.326 e. The quantitative estimate of drug-likeness (QED) is 0.791. The number of piperidine rings is 1. The van der Waals surface area contributed by atoms with Crippen LogP contribution >= 0.6 is 0 Å². The van der Waals surface area contributed by atoms with Gasteiger partial charge in [0.1, 0.15) is 17.7 Å². The highest BCUT2D eigenvalue weighted by Gasteiger charge is 2.31. The van der Waals surface area contributed by atoms with E-state index in [0.717, 1.165) is 12.1 Å². The van der Waals surface area contributed by atoms with Gasteiger partial charge in [-0.1, -0.05) is 13.8 Å². The second-order valence-corrected chi connectivity index (χ2v) is 7.22. The summed E-state index contributed by atoms with van der Waals surface area (Å²) in [5, 5.41) is 11.8. The zero-order valence-electron chi connectivity index (χ0n) is 15.4. The van der Waals surface area contributed by atoms with Gasteiger partial charge in [0, 0.05) is 25.1 Å². The highest BCUT2D eigenvalue weighted by atomic mass is 19.1. The third kappa shape index (κ3) is 5.48. The largest absolute Gasteiger partial charge is 0.480 e. The molecule has 27 heavy (non-hydrogen) atoms. The molecule has 0 unspecified atom stereocenters. The van der Waals surface area contributed by atoms with Gasteiger partial charge < -0.3 is 15.3 Å². The molecular weight excluding hydrogens is 358 g/mol. The van der Waals surface area contributed by atoms with Gasteiger partial charge >= 0.3 is 5.97 Å². The molecule has 148 valence electrons. The van der Waals surface area contributed by atoms with Crippen molar-refractivity contribution in [3.8, 4) is 0 Å². The molecule has 1 aliphatic rings. The Morgan fingerprint density at radius 1 is 1.22 bits per heavy atom. The van der Waals surface area contributed by atoms with Crippen LogP contribution in [0.25, 0.3) is 0 Å². The molecule has 0 radical (unpaired) electrons. The number of carboxylic acid groups (broad SMARTS) is 1. The molecule has 0 aliphatic carbocycles. The number of amides is 2. The number of hydrogen-bond donors (Lipinski definition) is 2. The first kappa shape index (κ1) is 20.8. The molecule has 0 aromatic heterocycles. The van der Waals surface area contributed by atoms with E-state index in [2.05, 4.69) is 5.32 Å². The molecule has 0 bridgehead atoms. The van der Waals surface area contributed by atoms with Crippen molar-refractivity contribution in [2.24, 2.45) is 11.8 Å². The smallest absolute Gasteiger partial charge is 0.326 e. The predicted molar refractivity (Wildman–Crippen MR) is 94.0 cm³/mol. The Morgan fingerprint density at radius 3 is 2.37 bits per heavy atom. The van der Waals surface area contributed by atoms with Crippen LogP contribution in [-0.2, 0) is 9.59 Å². The summed E-state index contributed by atoms with van der Waals surface area (Å²) >= 11 is 0. The second kappa shape index (κ2) is 8.92. The number of halogens is 2. The lowest BCUT2D eigenvalue weighted by Gasteiger charge is -2.32. The lowest BCUT2D eigenvalue weighted by atomic mass is 9.94. The number of likely N-dealkylation sites (tertiary alicyclic amines) is 1. The molecule has 1 aromatic rings. The zero-order chi connectivity index (χ0) is 20.1. The number of aliphatic carboxylic acids is 1. The first-order valence-electron chi connectivity index (χ1n) is 8.96. The Morgan fingerprint density at radius 2 is 1.85 bits per heavy atom. The maximum atomic E-state index is 13.8. The van der Waals surface area contributed by atoms with E-state index in [4.69, 9.17) is 0 Å². The Hall–Kier alpha value is -2.51. The lowest BCUT2D eigenvalue weighted by molar-refractivity contribution is -0.143. The molecule has 0 saturated carbocycles. The van der Waals surface area contributed by atoms with Gasteiger partial charge in [-0.15, -0.1) is 0 Å². The summed E-state index contributed by atoms with van der Waals surface area (Å²) < 4.78 is 26.8. The molecule has 2 N–H and O–H groups in total. The van der Waals surface area contributed by atoms with Gasteiger partial charge in [-0.2, -0.15) is 0 Å². The van der Waals surface area contributed by atoms with E-state index in [1.165, 1.54) is 4.90 Å². The molecule has 8 heteroatoms. The van der Waals surface area contributed by atoms with Gasteiger partial charge in [0.15, 0.2) is 0 Å². The normalized spacial score (nSPS) is 16.3. The van der Waals surface area contributed by atoms with Gasteiger partial charge in [-0.3, -0.25) is 9.59 Å². The first-order chi connectivity index (χ1) is 12.7. The molecule has 0 spiro atoms. The fourth-order valence-electron chi connectivity index (χ4n) is 3.16. The number of carbonyl (C=O) groups excluding carboxylic acids is 2. The fourth-order valence-corrected chi connectivity index (χ4v) is 3.16. The van der Waals surface area contributed by atoms with Crippen LogP contribution in [0, 0.1) is 23.5 Å². The zero-order valence-corrected chi connectivity index (χ0v) is 15.4. The number of nitrogens with zero attached hydrogens (tertiary/aromatic N) is 1. The van der Waals surface area contributed by atoms with Crippen LogP contribution in [0.5, 0.6) is 0 Å². The monoisotopic (exact) mass is 382 g/mol. The molecule has 1 aliphatic heterocycles. The minimum absolute atomic E-state index is 0.122. The number of carbonyl (C=O) groups is 3. The number of hydrogen-bond acceptors (Lipinski definition) is 3. The molecule has 1 saturated heterocycles. The van der Waals surface area contributed by atoms with E-state index in [-0.39, 0.29) is 30.5 Å². The van der Waals surface area contributed by atoms with Crippen molar-refractivity contribution >= 4 is 17.8 Å². The maximum absolute atomic E-state index is 13.8. The van der Waals surface area contributed by atoms with E-state index in [0.29, 0.717) is 25.3 Å². The van der Waals surface area contributed by atoms with Gasteiger partial charge in [0.05, 0.1) is 5.56 Å². The Bertz CT molecular complexity index is 716. The third-order valence-corrected chi connectivity index (χ3v) is 4.64. The van der Waals surface area contributed by atoms with E-state index in [9.17, 15) is 28.3 Å². The van der Waals surface area contributed by atoms with Crippen LogP contribution in [-0.4, -0.2) is 46.9 Å². The van der Waals surface area contributed by atoms with E-state index in [1.54, 1.807) is 0 Å². The topological polar surface area (TPSA) is 86.7 Å². The van der Waals surface area contributed by atoms with Gasteiger partial charge in [0.25, 0.3) is 5.91 Å². The molecule has 6 nitrogen and oxygen atoms in total. The fraction of sp³-hybridized carbons (Fsp3) is 0.526. The summed E-state index contributed by atoms with van der Waals surface area (Å²) in [7, 11) is 0. The summed E-state index contributed by atoms with van der Waals surface area (Å²) in [6, 6.07) is 1.85. The second-order valence-electron chi connectivity index (χ2n) is 7.22. The molecule has 2 amide bonds. The summed E-state index contributed by atoms with van der Waals surface area (Å²) in [6.07, 6.45) is 1.05. The van der Waals surface area contributed by atoms with Crippen molar-refractivity contribution in [3.05, 3.63) is 35.4 Å². The Labute approximate surface area is 156 Å². The van der Waals surface area contributed by atoms with Crippen LogP contribution in [0.2, 0.25) is 0 Å². The van der Waals surface area contributed by atoms with Crippen molar-refractivity contribution in [2.45, 2.75) is 39.2 Å². The van der Waals surface area contributed by atoms with Crippen LogP contribution < -0.4 is 5.32 Å². The van der Waals surface area contributed by atoms with Crippen molar-refractivity contribution in [2.75, 3.05) is 13.1 Å². The minimum atomic E-state index is -1.07. The van der Waals surface area contributed by atoms with Crippen molar-refractivity contribution in [3.63, 3.8) is 0 Å². The van der Waals surface area contributed by atoms with Crippen molar-refractivity contribution < 1.29 is 28.3 Å². The van der Waals surface area contributed by atoms with Crippen LogP contribution in [0.1, 0.15) is 43.5 Å². The molecule has 1 heterocycles. The average Bonchev–Trinajstić information content (AvgIpc) is 2.60. The van der Waals surface area contributed by atoms with Crippen LogP contribution in [0.15, 0.2) is 18.2 Å². The molecular formula is C19H24F2N2O4. The minimum Gasteiger partial charge on any atom is -0.480 e. The van der Waals surface area contributed by atoms with Gasteiger partial charge in [-0.05, 0) is 37.3 Å². The molecule has 1 fully saturated rings. The Balaban J connectivity index is 1.93.